The average molecular weight is 240 g/mol. The van der Waals surface area contributed by atoms with E-state index < -0.39 is 11.7 Å². The van der Waals surface area contributed by atoms with Gasteiger partial charge in [-0.05, 0) is 26.8 Å². The van der Waals surface area contributed by atoms with Gasteiger partial charge in [-0.2, -0.15) is 0 Å². The number of rotatable bonds is 3. The van der Waals surface area contributed by atoms with Gasteiger partial charge in [0.15, 0.2) is 0 Å². The molecule has 0 radical (unpaired) electrons. The van der Waals surface area contributed by atoms with Crippen LogP contribution in [0.5, 0.6) is 0 Å². The van der Waals surface area contributed by atoms with E-state index in [1.54, 1.807) is 5.51 Å². The second-order valence-corrected chi connectivity index (χ2v) is 4.92. The smallest absolute Gasteiger partial charge is 0.407 e. The highest BCUT2D eigenvalue weighted by Gasteiger charge is 2.14. The molecule has 1 N–H and O–H groups in total. The summed E-state index contributed by atoms with van der Waals surface area (Å²) in [5.41, 5.74) is 2.21. The van der Waals surface area contributed by atoms with Crippen molar-refractivity contribution in [3.63, 3.8) is 0 Å². The van der Waals surface area contributed by atoms with E-state index in [9.17, 15) is 4.79 Å². The van der Waals surface area contributed by atoms with Crippen LogP contribution in [0.3, 0.4) is 0 Å². The number of thiazole rings is 1. The van der Waals surface area contributed by atoms with Crippen molar-refractivity contribution in [3.05, 3.63) is 22.7 Å². The molecule has 0 saturated carbocycles. The molecule has 4 nitrogen and oxygen atoms in total. The number of carbonyl (C=O) groups excluding carboxylic acids is 1. The number of carbonyl (C=O) groups is 1. The normalized spacial score (nSPS) is 11.7. The molecule has 0 saturated heterocycles. The maximum absolute atomic E-state index is 11.2. The van der Waals surface area contributed by atoms with Crippen LogP contribution in [0.25, 0.3) is 6.08 Å². The van der Waals surface area contributed by atoms with E-state index >= 15 is 0 Å². The van der Waals surface area contributed by atoms with Gasteiger partial charge in [0.2, 0.25) is 0 Å². The van der Waals surface area contributed by atoms with Crippen LogP contribution < -0.4 is 5.32 Å². The predicted molar refractivity (Wildman–Crippen MR) is 65.4 cm³/mol. The van der Waals surface area contributed by atoms with E-state index in [1.165, 1.54) is 11.3 Å². The zero-order chi connectivity index (χ0) is 12.0. The number of amides is 1. The van der Waals surface area contributed by atoms with Gasteiger partial charge in [0, 0.05) is 11.9 Å². The Labute approximate surface area is 99.3 Å². The van der Waals surface area contributed by atoms with Crippen LogP contribution in [0.2, 0.25) is 0 Å². The minimum atomic E-state index is -0.456. The zero-order valence-corrected chi connectivity index (χ0v) is 10.5. The molecule has 88 valence electrons. The van der Waals surface area contributed by atoms with Crippen LogP contribution in [0.15, 0.2) is 17.0 Å². The fourth-order valence-corrected chi connectivity index (χ4v) is 1.46. The van der Waals surface area contributed by atoms with E-state index in [0.29, 0.717) is 6.54 Å². The molecule has 16 heavy (non-hydrogen) atoms. The van der Waals surface area contributed by atoms with Gasteiger partial charge >= 0.3 is 6.09 Å². The van der Waals surface area contributed by atoms with E-state index in [4.69, 9.17) is 4.74 Å². The van der Waals surface area contributed by atoms with E-state index in [-0.39, 0.29) is 0 Å². The van der Waals surface area contributed by atoms with Crippen LogP contribution in [0.1, 0.15) is 26.5 Å². The molecule has 0 aliphatic carbocycles. The molecule has 1 aromatic rings. The van der Waals surface area contributed by atoms with Gasteiger partial charge in [-0.3, -0.25) is 0 Å². The molecule has 1 amide bonds. The fourth-order valence-electron chi connectivity index (χ4n) is 0.940. The maximum Gasteiger partial charge on any atom is 0.407 e. The van der Waals surface area contributed by atoms with Crippen molar-refractivity contribution in [2.45, 2.75) is 26.4 Å². The Balaban J connectivity index is 2.23. The van der Waals surface area contributed by atoms with Crippen molar-refractivity contribution >= 4 is 23.5 Å². The highest BCUT2D eigenvalue weighted by Crippen LogP contribution is 2.06. The second-order valence-electron chi connectivity index (χ2n) is 4.20. The summed E-state index contributed by atoms with van der Waals surface area (Å²) in [4.78, 5) is 15.3. The van der Waals surface area contributed by atoms with Crippen LogP contribution in [0, 0.1) is 0 Å². The SMILES string of the molecule is CC(C)(C)OC(=O)NCC=Cc1cscn1. The molecule has 0 atom stereocenters. The summed E-state index contributed by atoms with van der Waals surface area (Å²) >= 11 is 1.54. The minimum Gasteiger partial charge on any atom is -0.444 e. The Morgan fingerprint density at radius 2 is 2.38 bits per heavy atom. The Hall–Kier alpha value is -1.36. The molecule has 0 aliphatic rings. The van der Waals surface area contributed by atoms with Crippen LogP contribution in [0.4, 0.5) is 4.79 Å². The van der Waals surface area contributed by atoms with Crippen LogP contribution in [-0.2, 0) is 4.74 Å². The topological polar surface area (TPSA) is 51.2 Å². The molecular formula is C11H16N2O2S. The van der Waals surface area contributed by atoms with Crippen molar-refractivity contribution < 1.29 is 9.53 Å². The van der Waals surface area contributed by atoms with Gasteiger partial charge in [-0.1, -0.05) is 6.08 Å². The molecule has 0 spiro atoms. The van der Waals surface area contributed by atoms with Crippen molar-refractivity contribution in [2.24, 2.45) is 0 Å². The largest absolute Gasteiger partial charge is 0.444 e. The second kappa shape index (κ2) is 5.65. The number of hydrogen-bond donors (Lipinski definition) is 1. The molecule has 0 unspecified atom stereocenters. The number of hydrogen-bond acceptors (Lipinski definition) is 4. The Kier molecular flexibility index (Phi) is 4.49. The summed E-state index contributed by atoms with van der Waals surface area (Å²) in [5, 5.41) is 4.56. The molecule has 1 aromatic heterocycles. The highest BCUT2D eigenvalue weighted by molar-refractivity contribution is 7.07. The molecule has 1 rings (SSSR count). The van der Waals surface area contributed by atoms with Crippen molar-refractivity contribution in [1.82, 2.24) is 10.3 Å². The third-order valence-electron chi connectivity index (χ3n) is 1.50. The van der Waals surface area contributed by atoms with Gasteiger partial charge < -0.3 is 10.1 Å². The van der Waals surface area contributed by atoms with Crippen LogP contribution >= 0.6 is 11.3 Å². The van der Waals surface area contributed by atoms with Gasteiger partial charge in [0.25, 0.3) is 0 Å². The lowest BCUT2D eigenvalue weighted by atomic mass is 10.2. The number of ether oxygens (including phenoxy) is 1. The summed E-state index contributed by atoms with van der Waals surface area (Å²) < 4.78 is 5.08. The lowest BCUT2D eigenvalue weighted by Gasteiger charge is -2.19. The van der Waals surface area contributed by atoms with Gasteiger partial charge in [-0.25, -0.2) is 9.78 Å². The lowest BCUT2D eigenvalue weighted by molar-refractivity contribution is 0.0534. The first-order valence-corrected chi connectivity index (χ1v) is 5.93. The first-order valence-electron chi connectivity index (χ1n) is 4.99. The first kappa shape index (κ1) is 12.7. The summed E-state index contributed by atoms with van der Waals surface area (Å²) in [6.07, 6.45) is 3.28. The average Bonchev–Trinajstić information content (AvgIpc) is 2.62. The third kappa shape index (κ3) is 5.50. The summed E-state index contributed by atoms with van der Waals surface area (Å²) in [5.74, 6) is 0. The Morgan fingerprint density at radius 3 is 2.94 bits per heavy atom. The van der Waals surface area contributed by atoms with E-state index in [1.807, 2.05) is 38.3 Å². The predicted octanol–water partition coefficient (Wildman–Crippen LogP) is 2.68. The molecule has 5 heteroatoms. The van der Waals surface area contributed by atoms with Crippen molar-refractivity contribution in [2.75, 3.05) is 6.54 Å². The number of aromatic nitrogens is 1. The monoisotopic (exact) mass is 240 g/mol. The Morgan fingerprint density at radius 1 is 1.62 bits per heavy atom. The van der Waals surface area contributed by atoms with Crippen molar-refractivity contribution in [1.29, 1.82) is 0 Å². The molecule has 0 aromatic carbocycles. The number of nitrogens with one attached hydrogen (secondary N) is 1. The van der Waals surface area contributed by atoms with Gasteiger partial charge in [-0.15, -0.1) is 11.3 Å². The molecule has 1 heterocycles. The maximum atomic E-state index is 11.2. The Bertz CT molecular complexity index is 353. The van der Waals surface area contributed by atoms with E-state index in [2.05, 4.69) is 10.3 Å². The van der Waals surface area contributed by atoms with Gasteiger partial charge in [0.05, 0.1) is 11.2 Å². The summed E-state index contributed by atoms with van der Waals surface area (Å²) in [6, 6.07) is 0. The minimum absolute atomic E-state index is 0.407. The van der Waals surface area contributed by atoms with Crippen molar-refractivity contribution in [3.8, 4) is 0 Å². The summed E-state index contributed by atoms with van der Waals surface area (Å²) in [6.45, 7) is 5.93. The van der Waals surface area contributed by atoms with Gasteiger partial charge in [0.1, 0.15) is 5.60 Å². The number of nitrogens with zero attached hydrogens (tertiary/aromatic N) is 1. The molecular weight excluding hydrogens is 224 g/mol. The summed E-state index contributed by atoms with van der Waals surface area (Å²) in [7, 11) is 0. The first-order chi connectivity index (χ1) is 7.47. The fraction of sp³-hybridized carbons (Fsp3) is 0.455. The molecule has 0 bridgehead atoms. The number of alkyl carbamates (subject to hydrolysis) is 1. The lowest BCUT2D eigenvalue weighted by Crippen LogP contribution is -2.32. The molecule has 0 aliphatic heterocycles. The van der Waals surface area contributed by atoms with Crippen LogP contribution in [-0.4, -0.2) is 23.2 Å². The quantitative estimate of drug-likeness (QED) is 0.883. The molecule has 0 fully saturated rings. The van der Waals surface area contributed by atoms with E-state index in [0.717, 1.165) is 5.69 Å². The zero-order valence-electron chi connectivity index (χ0n) is 9.69. The highest BCUT2D eigenvalue weighted by atomic mass is 32.1. The standard InChI is InChI=1S/C11H16N2O2S/c1-11(2,3)15-10(14)12-6-4-5-9-7-16-8-13-9/h4-5,7-8H,6H2,1-3H3,(H,12,14). The third-order valence-corrected chi connectivity index (χ3v) is 2.11.